The minimum atomic E-state index is 0.212. The molecule has 2 unspecified atom stereocenters. The molecule has 0 aliphatic carbocycles. The van der Waals surface area contributed by atoms with Gasteiger partial charge in [0.1, 0.15) is 0 Å². The SMILES string of the molecule is COc1cc(C(C)N2CCN3CCCC3C2)ccc1O. The molecule has 0 aromatic heterocycles. The molecule has 20 heavy (non-hydrogen) atoms. The molecular weight excluding hydrogens is 252 g/mol. The van der Waals surface area contributed by atoms with E-state index in [2.05, 4.69) is 16.7 Å². The van der Waals surface area contributed by atoms with Gasteiger partial charge in [-0.05, 0) is 44.0 Å². The second-order valence-corrected chi connectivity index (χ2v) is 5.93. The predicted octanol–water partition coefficient (Wildman–Crippen LogP) is 2.24. The molecule has 2 heterocycles. The fraction of sp³-hybridized carbons (Fsp3) is 0.625. The second kappa shape index (κ2) is 5.62. The number of phenols is 1. The van der Waals surface area contributed by atoms with Crippen molar-refractivity contribution in [2.75, 3.05) is 33.3 Å². The third-order valence-corrected chi connectivity index (χ3v) is 4.85. The van der Waals surface area contributed by atoms with E-state index < -0.39 is 0 Å². The van der Waals surface area contributed by atoms with E-state index in [4.69, 9.17) is 4.74 Å². The molecular formula is C16H24N2O2. The van der Waals surface area contributed by atoms with E-state index in [0.717, 1.165) is 19.1 Å². The number of rotatable bonds is 3. The highest BCUT2D eigenvalue weighted by Gasteiger charge is 2.32. The summed E-state index contributed by atoms with van der Waals surface area (Å²) in [7, 11) is 1.60. The van der Waals surface area contributed by atoms with E-state index in [1.807, 2.05) is 12.1 Å². The summed E-state index contributed by atoms with van der Waals surface area (Å²) in [6.45, 7) is 6.99. The first-order valence-corrected chi connectivity index (χ1v) is 7.54. The molecule has 0 radical (unpaired) electrons. The van der Waals surface area contributed by atoms with Crippen LogP contribution in [0.3, 0.4) is 0 Å². The van der Waals surface area contributed by atoms with Crippen LogP contribution < -0.4 is 4.74 Å². The van der Waals surface area contributed by atoms with Gasteiger partial charge in [-0.25, -0.2) is 0 Å². The third kappa shape index (κ3) is 2.50. The van der Waals surface area contributed by atoms with E-state index in [1.54, 1.807) is 13.2 Å². The first-order chi connectivity index (χ1) is 9.69. The van der Waals surface area contributed by atoms with Gasteiger partial charge in [0.2, 0.25) is 0 Å². The maximum atomic E-state index is 9.70. The highest BCUT2D eigenvalue weighted by molar-refractivity contribution is 5.42. The van der Waals surface area contributed by atoms with E-state index in [-0.39, 0.29) is 5.75 Å². The Hall–Kier alpha value is -1.26. The molecule has 1 aromatic carbocycles. The molecule has 1 aromatic rings. The maximum absolute atomic E-state index is 9.70. The Morgan fingerprint density at radius 1 is 1.30 bits per heavy atom. The van der Waals surface area contributed by atoms with Gasteiger partial charge in [-0.15, -0.1) is 0 Å². The van der Waals surface area contributed by atoms with E-state index in [9.17, 15) is 5.11 Å². The summed E-state index contributed by atoms with van der Waals surface area (Å²) >= 11 is 0. The number of piperazine rings is 1. The van der Waals surface area contributed by atoms with E-state index in [1.165, 1.54) is 31.5 Å². The largest absolute Gasteiger partial charge is 0.504 e. The summed E-state index contributed by atoms with van der Waals surface area (Å²) in [4.78, 5) is 5.18. The Balaban J connectivity index is 1.73. The van der Waals surface area contributed by atoms with Crippen LogP contribution in [-0.4, -0.2) is 54.2 Å². The summed E-state index contributed by atoms with van der Waals surface area (Å²) in [6.07, 6.45) is 2.68. The van der Waals surface area contributed by atoms with Crippen LogP contribution in [0.4, 0.5) is 0 Å². The number of methoxy groups -OCH3 is 1. The Bertz CT molecular complexity index is 478. The van der Waals surface area contributed by atoms with Crippen molar-refractivity contribution < 1.29 is 9.84 Å². The highest BCUT2D eigenvalue weighted by Crippen LogP contribution is 2.32. The maximum Gasteiger partial charge on any atom is 0.160 e. The molecule has 1 N–H and O–H groups in total. The van der Waals surface area contributed by atoms with Gasteiger partial charge >= 0.3 is 0 Å². The van der Waals surface area contributed by atoms with Gasteiger partial charge < -0.3 is 9.84 Å². The van der Waals surface area contributed by atoms with Crippen molar-refractivity contribution >= 4 is 0 Å². The Kier molecular flexibility index (Phi) is 3.85. The first kappa shape index (κ1) is 13.7. The molecule has 110 valence electrons. The number of hydrogen-bond acceptors (Lipinski definition) is 4. The van der Waals surface area contributed by atoms with Crippen LogP contribution in [0.1, 0.15) is 31.4 Å². The van der Waals surface area contributed by atoms with Crippen LogP contribution in [-0.2, 0) is 0 Å². The van der Waals surface area contributed by atoms with Gasteiger partial charge in [0.15, 0.2) is 11.5 Å². The predicted molar refractivity (Wildman–Crippen MR) is 79.2 cm³/mol. The normalized spacial score (nSPS) is 25.4. The van der Waals surface area contributed by atoms with Gasteiger partial charge in [0.25, 0.3) is 0 Å². The molecule has 0 amide bonds. The zero-order chi connectivity index (χ0) is 14.1. The van der Waals surface area contributed by atoms with Crippen molar-refractivity contribution in [3.05, 3.63) is 23.8 Å². The van der Waals surface area contributed by atoms with Crippen molar-refractivity contribution in [2.45, 2.75) is 31.8 Å². The lowest BCUT2D eigenvalue weighted by molar-refractivity contribution is 0.0769. The second-order valence-electron chi connectivity index (χ2n) is 5.93. The summed E-state index contributed by atoms with van der Waals surface area (Å²) in [5, 5.41) is 9.70. The average Bonchev–Trinajstić information content (AvgIpc) is 2.94. The molecule has 0 saturated carbocycles. The zero-order valence-electron chi connectivity index (χ0n) is 12.4. The number of benzene rings is 1. The van der Waals surface area contributed by atoms with Gasteiger partial charge in [0, 0.05) is 31.7 Å². The number of phenolic OH excluding ortho intramolecular Hbond substituents is 1. The third-order valence-electron chi connectivity index (χ3n) is 4.85. The fourth-order valence-electron chi connectivity index (χ4n) is 3.53. The Labute approximate surface area is 120 Å². The Morgan fingerprint density at radius 3 is 2.95 bits per heavy atom. The molecule has 2 fully saturated rings. The molecule has 3 rings (SSSR count). The number of ether oxygens (including phenoxy) is 1. The molecule has 4 heteroatoms. The molecule has 0 bridgehead atoms. The van der Waals surface area contributed by atoms with E-state index >= 15 is 0 Å². The standard InChI is InChI=1S/C16H24N2O2/c1-12(13-5-6-15(19)16(10-13)20-2)18-9-8-17-7-3-4-14(17)11-18/h5-6,10,12,14,19H,3-4,7-9,11H2,1-2H3. The van der Waals surface area contributed by atoms with Crippen molar-refractivity contribution in [1.29, 1.82) is 0 Å². The highest BCUT2D eigenvalue weighted by atomic mass is 16.5. The molecule has 2 aliphatic heterocycles. The monoisotopic (exact) mass is 276 g/mol. The number of hydrogen-bond donors (Lipinski definition) is 1. The summed E-state index contributed by atoms with van der Waals surface area (Å²) in [6, 6.07) is 6.80. The van der Waals surface area contributed by atoms with Crippen molar-refractivity contribution in [2.24, 2.45) is 0 Å². The van der Waals surface area contributed by atoms with Crippen LogP contribution in [0.5, 0.6) is 11.5 Å². The number of aromatic hydroxyl groups is 1. The lowest BCUT2D eigenvalue weighted by Crippen LogP contribution is -2.50. The van der Waals surface area contributed by atoms with Crippen molar-refractivity contribution in [1.82, 2.24) is 9.80 Å². The van der Waals surface area contributed by atoms with Crippen LogP contribution in [0, 0.1) is 0 Å². The zero-order valence-corrected chi connectivity index (χ0v) is 12.4. The fourth-order valence-corrected chi connectivity index (χ4v) is 3.53. The van der Waals surface area contributed by atoms with Crippen LogP contribution in [0.25, 0.3) is 0 Å². The van der Waals surface area contributed by atoms with Gasteiger partial charge in [-0.3, -0.25) is 9.80 Å². The molecule has 2 atom stereocenters. The van der Waals surface area contributed by atoms with E-state index in [0.29, 0.717) is 11.8 Å². The first-order valence-electron chi connectivity index (χ1n) is 7.54. The molecule has 2 aliphatic rings. The smallest absolute Gasteiger partial charge is 0.160 e. The Morgan fingerprint density at radius 2 is 2.15 bits per heavy atom. The molecule has 2 saturated heterocycles. The number of nitrogens with zero attached hydrogens (tertiary/aromatic N) is 2. The van der Waals surface area contributed by atoms with Gasteiger partial charge in [-0.2, -0.15) is 0 Å². The minimum absolute atomic E-state index is 0.212. The van der Waals surface area contributed by atoms with Gasteiger partial charge in [-0.1, -0.05) is 6.07 Å². The van der Waals surface area contributed by atoms with Gasteiger partial charge in [0.05, 0.1) is 7.11 Å². The molecule has 4 nitrogen and oxygen atoms in total. The van der Waals surface area contributed by atoms with Crippen LogP contribution >= 0.6 is 0 Å². The van der Waals surface area contributed by atoms with Crippen LogP contribution in [0.2, 0.25) is 0 Å². The lowest BCUT2D eigenvalue weighted by Gasteiger charge is -2.40. The lowest BCUT2D eigenvalue weighted by atomic mass is 10.0. The summed E-state index contributed by atoms with van der Waals surface area (Å²) in [5.41, 5.74) is 1.21. The average molecular weight is 276 g/mol. The molecule has 0 spiro atoms. The topological polar surface area (TPSA) is 35.9 Å². The quantitative estimate of drug-likeness (QED) is 0.918. The minimum Gasteiger partial charge on any atom is -0.504 e. The summed E-state index contributed by atoms with van der Waals surface area (Å²) in [5.74, 6) is 0.776. The summed E-state index contributed by atoms with van der Waals surface area (Å²) < 4.78 is 5.22. The van der Waals surface area contributed by atoms with Crippen molar-refractivity contribution in [3.63, 3.8) is 0 Å². The van der Waals surface area contributed by atoms with Crippen LogP contribution in [0.15, 0.2) is 18.2 Å². The van der Waals surface area contributed by atoms with Crippen molar-refractivity contribution in [3.8, 4) is 11.5 Å². The number of fused-ring (bicyclic) bond motifs is 1.